The van der Waals surface area contributed by atoms with Gasteiger partial charge in [0.15, 0.2) is 0 Å². The van der Waals surface area contributed by atoms with Gasteiger partial charge in [-0.05, 0) is 37.4 Å². The second kappa shape index (κ2) is 7.65. The largest absolute Gasteiger partial charge is 0.310 e. The molecule has 3 nitrogen and oxygen atoms in total. The van der Waals surface area contributed by atoms with Gasteiger partial charge in [0.25, 0.3) is 0 Å². The predicted octanol–water partition coefficient (Wildman–Crippen LogP) is 2.72. The molecule has 0 aliphatic rings. The Bertz CT molecular complexity index is 465. The van der Waals surface area contributed by atoms with Gasteiger partial charge in [-0.15, -0.1) is 0 Å². The van der Waals surface area contributed by atoms with Crippen LogP contribution in [-0.2, 0) is 16.3 Å². The fraction of sp³-hybridized carbons (Fsp3) is 0.600. The molecule has 19 heavy (non-hydrogen) atoms. The molecule has 0 amide bonds. The molecule has 0 aliphatic heterocycles. The molecule has 0 bridgehead atoms. The first-order chi connectivity index (χ1) is 8.98. The van der Waals surface area contributed by atoms with E-state index in [1.165, 1.54) is 11.1 Å². The molecule has 108 valence electrons. The van der Waals surface area contributed by atoms with Crippen molar-refractivity contribution >= 4 is 9.84 Å². The quantitative estimate of drug-likeness (QED) is 0.746. The number of nitrogens with one attached hydrogen (secondary N) is 1. The highest BCUT2D eigenvalue weighted by atomic mass is 32.2. The fourth-order valence-electron chi connectivity index (χ4n) is 1.91. The van der Waals surface area contributed by atoms with Crippen molar-refractivity contribution in [1.82, 2.24) is 5.32 Å². The first-order valence-electron chi connectivity index (χ1n) is 7.01. The molecule has 0 spiro atoms. The minimum Gasteiger partial charge on any atom is -0.310 e. The average molecular weight is 283 g/mol. The van der Waals surface area contributed by atoms with Crippen LogP contribution in [0, 0.1) is 0 Å². The van der Waals surface area contributed by atoms with Crippen LogP contribution in [0.2, 0.25) is 0 Å². The Balaban J connectivity index is 2.36. The van der Waals surface area contributed by atoms with Crippen molar-refractivity contribution in [2.75, 3.05) is 18.1 Å². The van der Waals surface area contributed by atoms with Crippen LogP contribution in [0.25, 0.3) is 0 Å². The molecular formula is C15H25NO2S. The molecule has 1 aromatic rings. The fourth-order valence-corrected chi connectivity index (χ4v) is 2.79. The Kier molecular flexibility index (Phi) is 6.52. The normalized spacial score (nSPS) is 13.4. The van der Waals surface area contributed by atoms with Crippen molar-refractivity contribution in [3.63, 3.8) is 0 Å². The number of benzene rings is 1. The SMILES string of the molecule is CCc1ccc(C(C)NCCCS(=O)(=O)CC)cc1. The standard InChI is InChI=1S/C15H25NO2S/c1-4-14-7-9-15(10-8-14)13(3)16-11-6-12-19(17,18)5-2/h7-10,13,16H,4-6,11-12H2,1-3H3. The second-order valence-electron chi connectivity index (χ2n) is 4.86. The minimum absolute atomic E-state index is 0.237. The summed E-state index contributed by atoms with van der Waals surface area (Å²) in [5.74, 6) is 0.513. The number of sulfone groups is 1. The summed E-state index contributed by atoms with van der Waals surface area (Å²) < 4.78 is 22.7. The van der Waals surface area contributed by atoms with Gasteiger partial charge in [-0.1, -0.05) is 38.1 Å². The van der Waals surface area contributed by atoms with E-state index in [4.69, 9.17) is 0 Å². The van der Waals surface area contributed by atoms with Crippen LogP contribution in [0.1, 0.15) is 44.4 Å². The van der Waals surface area contributed by atoms with Crippen LogP contribution in [0.4, 0.5) is 0 Å². The lowest BCUT2D eigenvalue weighted by molar-refractivity contribution is 0.560. The molecule has 0 aliphatic carbocycles. The lowest BCUT2D eigenvalue weighted by Crippen LogP contribution is -2.22. The van der Waals surface area contributed by atoms with Crippen molar-refractivity contribution in [2.24, 2.45) is 0 Å². The first-order valence-corrected chi connectivity index (χ1v) is 8.83. The molecular weight excluding hydrogens is 258 g/mol. The summed E-state index contributed by atoms with van der Waals surface area (Å²) in [5.41, 5.74) is 2.58. The Morgan fingerprint density at radius 2 is 1.79 bits per heavy atom. The van der Waals surface area contributed by atoms with Crippen molar-refractivity contribution in [1.29, 1.82) is 0 Å². The zero-order valence-corrected chi connectivity index (χ0v) is 13.0. The molecule has 1 atom stereocenters. The minimum atomic E-state index is -2.83. The Morgan fingerprint density at radius 1 is 1.16 bits per heavy atom. The summed E-state index contributed by atoms with van der Waals surface area (Å²) in [4.78, 5) is 0. The summed E-state index contributed by atoms with van der Waals surface area (Å²) >= 11 is 0. The maximum absolute atomic E-state index is 11.4. The molecule has 1 unspecified atom stereocenters. The molecule has 1 rings (SSSR count). The van der Waals surface area contributed by atoms with Gasteiger partial charge in [0.1, 0.15) is 9.84 Å². The zero-order valence-electron chi connectivity index (χ0n) is 12.1. The topological polar surface area (TPSA) is 46.2 Å². The molecule has 0 aromatic heterocycles. The summed E-state index contributed by atoms with van der Waals surface area (Å²) in [6.45, 7) is 6.68. The molecule has 0 radical (unpaired) electrons. The van der Waals surface area contributed by atoms with E-state index < -0.39 is 9.84 Å². The van der Waals surface area contributed by atoms with Crippen molar-refractivity contribution in [3.05, 3.63) is 35.4 Å². The molecule has 0 heterocycles. The van der Waals surface area contributed by atoms with Crippen molar-refractivity contribution < 1.29 is 8.42 Å². The van der Waals surface area contributed by atoms with Crippen LogP contribution in [0.3, 0.4) is 0 Å². The third kappa shape index (κ3) is 5.74. The highest BCUT2D eigenvalue weighted by Gasteiger charge is 2.08. The zero-order chi connectivity index (χ0) is 14.3. The average Bonchev–Trinajstić information content (AvgIpc) is 2.43. The summed E-state index contributed by atoms with van der Waals surface area (Å²) in [6.07, 6.45) is 1.73. The third-order valence-corrected chi connectivity index (χ3v) is 5.20. The Morgan fingerprint density at radius 3 is 2.32 bits per heavy atom. The summed E-state index contributed by atoms with van der Waals surface area (Å²) in [6, 6.07) is 8.83. The maximum atomic E-state index is 11.4. The number of aryl methyl sites for hydroxylation is 1. The first kappa shape index (κ1) is 16.2. The Labute approximate surface area is 117 Å². The Hall–Kier alpha value is -0.870. The van der Waals surface area contributed by atoms with E-state index >= 15 is 0 Å². The van der Waals surface area contributed by atoms with Crippen LogP contribution in [-0.4, -0.2) is 26.5 Å². The van der Waals surface area contributed by atoms with Gasteiger partial charge in [0, 0.05) is 11.8 Å². The number of hydrogen-bond donors (Lipinski definition) is 1. The third-order valence-electron chi connectivity index (χ3n) is 3.41. The maximum Gasteiger partial charge on any atom is 0.150 e. The monoisotopic (exact) mass is 283 g/mol. The highest BCUT2D eigenvalue weighted by Crippen LogP contribution is 2.13. The number of hydrogen-bond acceptors (Lipinski definition) is 3. The van der Waals surface area contributed by atoms with E-state index in [1.807, 2.05) is 0 Å². The van der Waals surface area contributed by atoms with E-state index in [1.54, 1.807) is 6.92 Å². The van der Waals surface area contributed by atoms with E-state index in [0.717, 1.165) is 13.0 Å². The van der Waals surface area contributed by atoms with Gasteiger partial charge >= 0.3 is 0 Å². The van der Waals surface area contributed by atoms with Crippen molar-refractivity contribution in [2.45, 2.75) is 39.7 Å². The van der Waals surface area contributed by atoms with Gasteiger partial charge in [0.05, 0.1) is 5.75 Å². The van der Waals surface area contributed by atoms with E-state index in [0.29, 0.717) is 6.42 Å². The highest BCUT2D eigenvalue weighted by molar-refractivity contribution is 7.91. The van der Waals surface area contributed by atoms with Crippen LogP contribution in [0.15, 0.2) is 24.3 Å². The smallest absolute Gasteiger partial charge is 0.150 e. The molecule has 4 heteroatoms. The van der Waals surface area contributed by atoms with Crippen LogP contribution < -0.4 is 5.32 Å². The van der Waals surface area contributed by atoms with Crippen LogP contribution >= 0.6 is 0 Å². The van der Waals surface area contributed by atoms with Gasteiger partial charge in [0.2, 0.25) is 0 Å². The molecule has 0 saturated carbocycles. The van der Waals surface area contributed by atoms with Gasteiger partial charge < -0.3 is 5.32 Å². The molecule has 1 aromatic carbocycles. The van der Waals surface area contributed by atoms with E-state index in [-0.39, 0.29) is 17.5 Å². The van der Waals surface area contributed by atoms with Crippen molar-refractivity contribution in [3.8, 4) is 0 Å². The van der Waals surface area contributed by atoms with Crippen LogP contribution in [0.5, 0.6) is 0 Å². The lowest BCUT2D eigenvalue weighted by Gasteiger charge is -2.14. The van der Waals surface area contributed by atoms with E-state index in [2.05, 4.69) is 43.4 Å². The predicted molar refractivity (Wildman–Crippen MR) is 81.2 cm³/mol. The summed E-state index contributed by atoms with van der Waals surface area (Å²) in [5, 5.41) is 3.37. The van der Waals surface area contributed by atoms with Gasteiger partial charge in [-0.3, -0.25) is 0 Å². The van der Waals surface area contributed by atoms with Gasteiger partial charge in [-0.25, -0.2) is 8.42 Å². The number of rotatable bonds is 8. The van der Waals surface area contributed by atoms with Gasteiger partial charge in [-0.2, -0.15) is 0 Å². The summed E-state index contributed by atoms with van der Waals surface area (Å²) in [7, 11) is -2.83. The molecule has 1 N–H and O–H groups in total. The second-order valence-corrected chi connectivity index (χ2v) is 7.33. The molecule has 0 saturated heterocycles. The lowest BCUT2D eigenvalue weighted by atomic mass is 10.1. The molecule has 0 fully saturated rings. The van der Waals surface area contributed by atoms with E-state index in [9.17, 15) is 8.42 Å².